The largest absolute Gasteiger partial charge is 0.493 e. The Morgan fingerprint density at radius 1 is 0.840 bits per heavy atom. The van der Waals surface area contributed by atoms with Crippen molar-refractivity contribution in [3.63, 3.8) is 0 Å². The molecule has 19 nitrogen and oxygen atoms in total. The normalized spacial score (nSPS) is 13.3. The topological polar surface area (TPSA) is 259 Å². The van der Waals surface area contributed by atoms with Crippen LogP contribution in [0.25, 0.3) is 0 Å². The first kappa shape index (κ1) is 40.6. The van der Waals surface area contributed by atoms with Crippen LogP contribution >= 0.6 is 0 Å². The number of hydrogen-bond donors (Lipinski definition) is 4. The summed E-state index contributed by atoms with van der Waals surface area (Å²) in [5.41, 5.74) is -1.62. The Kier molecular flexibility index (Phi) is 16.3. The van der Waals surface area contributed by atoms with Gasteiger partial charge in [-0.15, -0.1) is 0 Å². The van der Waals surface area contributed by atoms with Gasteiger partial charge in [-0.25, -0.2) is 4.79 Å². The minimum absolute atomic E-state index is 0.0401. The zero-order valence-electron chi connectivity index (χ0n) is 27.2. The molecule has 2 aromatic carbocycles. The molecule has 0 aromatic heterocycles. The Balaban J connectivity index is 0.000000358. The molecule has 21 heteroatoms. The smallest absolute Gasteiger partial charge is 0.342 e. The lowest BCUT2D eigenvalue weighted by Crippen LogP contribution is -2.37. The Hall–Kier alpha value is -5.59. The molecular formula is C29H35B2N5O14. The first-order chi connectivity index (χ1) is 23.7. The number of aromatic carboxylic acids is 1. The number of hydrogen-bond acceptors (Lipinski definition) is 13. The van der Waals surface area contributed by atoms with E-state index in [9.17, 15) is 44.5 Å². The summed E-state index contributed by atoms with van der Waals surface area (Å²) in [5, 5.41) is 45.6. The Bertz CT molecular complexity index is 1560. The fraction of sp³-hybridized carbons (Fsp3) is 0.448. The van der Waals surface area contributed by atoms with Crippen LogP contribution in [0.5, 0.6) is 23.0 Å². The third-order valence-corrected chi connectivity index (χ3v) is 7.02. The fourth-order valence-electron chi connectivity index (χ4n) is 4.67. The molecule has 0 unspecified atom stereocenters. The van der Waals surface area contributed by atoms with Gasteiger partial charge in [0.15, 0.2) is 50.3 Å². The Labute approximate surface area is 288 Å². The van der Waals surface area contributed by atoms with Crippen LogP contribution in [0.15, 0.2) is 24.3 Å². The van der Waals surface area contributed by atoms with Gasteiger partial charge in [-0.05, 0) is 25.7 Å². The van der Waals surface area contributed by atoms with E-state index in [0.29, 0.717) is 25.8 Å². The number of aliphatic hydroxyl groups excluding tert-OH is 1. The van der Waals surface area contributed by atoms with E-state index in [1.54, 1.807) is 0 Å². The predicted molar refractivity (Wildman–Crippen MR) is 176 cm³/mol. The number of carboxylic acids is 1. The summed E-state index contributed by atoms with van der Waals surface area (Å²) >= 11 is 0. The van der Waals surface area contributed by atoms with E-state index < -0.39 is 50.3 Å². The molecule has 1 aliphatic rings. The van der Waals surface area contributed by atoms with Gasteiger partial charge in [0.1, 0.15) is 11.1 Å². The summed E-state index contributed by atoms with van der Waals surface area (Å²) in [6.45, 7) is 1.06. The summed E-state index contributed by atoms with van der Waals surface area (Å²) in [6.07, 6.45) is 2.20. The molecule has 4 radical (unpaired) electrons. The highest BCUT2D eigenvalue weighted by molar-refractivity contribution is 6.57. The summed E-state index contributed by atoms with van der Waals surface area (Å²) in [7, 11) is 12.5. The monoisotopic (exact) mass is 699 g/mol. The maximum atomic E-state index is 12.8. The number of rotatable bonds is 17. The minimum Gasteiger partial charge on any atom is -0.493 e. The number of nitrogens with zero attached hydrogens (tertiary/aromatic N) is 3. The van der Waals surface area contributed by atoms with Gasteiger partial charge >= 0.3 is 5.97 Å². The number of carboxylic acid groups (broad SMARTS) is 1. The molecule has 2 aromatic rings. The summed E-state index contributed by atoms with van der Waals surface area (Å²) in [6, 6.07) is 4.09. The van der Waals surface area contributed by atoms with E-state index in [-0.39, 0.29) is 67.5 Å². The summed E-state index contributed by atoms with van der Waals surface area (Å²) < 4.78 is 21.0. The quantitative estimate of drug-likeness (QED) is 0.0795. The highest BCUT2D eigenvalue weighted by atomic mass is 16.6. The number of ether oxygens (including phenoxy) is 4. The number of nitro benzene ring substituents is 2. The van der Waals surface area contributed by atoms with E-state index in [4.69, 9.17) is 39.7 Å². The third kappa shape index (κ3) is 11.8. The molecule has 50 heavy (non-hydrogen) atoms. The van der Waals surface area contributed by atoms with Crippen LogP contribution < -0.4 is 29.6 Å². The summed E-state index contributed by atoms with van der Waals surface area (Å²) in [4.78, 5) is 67.4. The van der Waals surface area contributed by atoms with Crippen molar-refractivity contribution in [2.45, 2.75) is 31.7 Å². The van der Waals surface area contributed by atoms with Crippen molar-refractivity contribution in [3.05, 3.63) is 55.6 Å². The number of aliphatic hydroxyl groups is 1. The molecule has 0 spiro atoms. The molecule has 1 fully saturated rings. The molecule has 3 rings (SSSR count). The number of likely N-dealkylation sites (tertiary alicyclic amines) is 1. The van der Waals surface area contributed by atoms with Crippen molar-refractivity contribution >= 4 is 50.6 Å². The van der Waals surface area contributed by atoms with Crippen LogP contribution in [0.4, 0.5) is 21.0 Å². The van der Waals surface area contributed by atoms with Crippen LogP contribution in [0.1, 0.15) is 46.4 Å². The Morgan fingerprint density at radius 3 is 1.70 bits per heavy atom. The van der Waals surface area contributed by atoms with Crippen LogP contribution in [0, 0.1) is 20.2 Å². The first-order valence-electron chi connectivity index (χ1n) is 15.0. The number of amides is 3. The van der Waals surface area contributed by atoms with Crippen LogP contribution in [-0.4, -0.2) is 124 Å². The third-order valence-electron chi connectivity index (χ3n) is 7.02. The lowest BCUT2D eigenvalue weighted by molar-refractivity contribution is -0.385. The maximum absolute atomic E-state index is 12.8. The van der Waals surface area contributed by atoms with Crippen molar-refractivity contribution in [1.82, 2.24) is 15.5 Å². The van der Waals surface area contributed by atoms with E-state index >= 15 is 0 Å². The van der Waals surface area contributed by atoms with E-state index in [1.807, 2.05) is 0 Å². The lowest BCUT2D eigenvalue weighted by Gasteiger charge is -2.23. The van der Waals surface area contributed by atoms with E-state index in [1.165, 1.54) is 25.2 Å². The minimum atomic E-state index is -1.44. The van der Waals surface area contributed by atoms with Gasteiger partial charge < -0.3 is 44.7 Å². The van der Waals surface area contributed by atoms with Gasteiger partial charge in [0.05, 0.1) is 62.1 Å². The number of nitro groups is 2. The maximum Gasteiger partial charge on any atom is 0.342 e. The standard InChI is InChI=1S/C17H22BN3O7.C12H13BN2O7/c1-27-14-8-12(16(23)20-6-2-4-11(20)10-22)13(21(25)26)9-15(14)28-7-3-5-19-17(18)24;1-21-9-5-7(11(16)17)8(15(19)20)6-10(9)22-4-2-3-14-12(13)18/h8-9,11,22H,2-7,10H2,1H3,(H,19,24);5-6H,2-4H2,1H3,(H,14,18)(H,16,17)/t11-;/m0./s1. The fourth-order valence-corrected chi connectivity index (χ4v) is 4.67. The summed E-state index contributed by atoms with van der Waals surface area (Å²) in [5.74, 6) is -2.90. The molecular weight excluding hydrogens is 664 g/mol. The number of methoxy groups -OCH3 is 2. The SMILES string of the molecule is [B]C(=O)NCCCOc1cc([N+](=O)[O-])c(C(=O)N2CCC[C@H]2CO)cc1OC.[B]C(=O)NCCCOc1cc([N+](=O)[O-])c(C(=O)O)cc1OC. The Morgan fingerprint density at radius 2 is 1.30 bits per heavy atom. The van der Waals surface area contributed by atoms with Crippen molar-refractivity contribution in [2.75, 3.05) is 53.7 Å². The molecule has 3 amide bonds. The highest BCUT2D eigenvalue weighted by Gasteiger charge is 2.34. The van der Waals surface area contributed by atoms with Gasteiger partial charge in [-0.2, -0.15) is 0 Å². The molecule has 1 atom stereocenters. The average molecular weight is 699 g/mol. The number of carbonyl (C=O) groups is 4. The zero-order valence-corrected chi connectivity index (χ0v) is 27.2. The predicted octanol–water partition coefficient (Wildman–Crippen LogP) is 1.80. The molecule has 0 bridgehead atoms. The van der Waals surface area contributed by atoms with Gasteiger partial charge in [0.2, 0.25) is 0 Å². The molecule has 0 aliphatic carbocycles. The van der Waals surface area contributed by atoms with Crippen molar-refractivity contribution in [2.24, 2.45) is 0 Å². The second-order valence-corrected chi connectivity index (χ2v) is 10.3. The highest BCUT2D eigenvalue weighted by Crippen LogP contribution is 2.37. The number of carbonyl (C=O) groups excluding carboxylic acids is 3. The second kappa shape index (κ2) is 20.0. The van der Waals surface area contributed by atoms with Crippen LogP contribution in [0.2, 0.25) is 0 Å². The van der Waals surface area contributed by atoms with Gasteiger partial charge in [-0.1, -0.05) is 0 Å². The van der Waals surface area contributed by atoms with Crippen LogP contribution in [0.3, 0.4) is 0 Å². The molecule has 1 aliphatic heterocycles. The van der Waals surface area contributed by atoms with E-state index in [0.717, 1.165) is 24.6 Å². The van der Waals surface area contributed by atoms with Crippen molar-refractivity contribution in [1.29, 1.82) is 0 Å². The molecule has 266 valence electrons. The molecule has 1 saturated heterocycles. The zero-order chi connectivity index (χ0) is 37.4. The molecule has 1 heterocycles. The lowest BCUT2D eigenvalue weighted by atomic mass is 10.1. The van der Waals surface area contributed by atoms with E-state index in [2.05, 4.69) is 10.6 Å². The number of benzene rings is 2. The van der Waals surface area contributed by atoms with Gasteiger partial charge in [-0.3, -0.25) is 34.6 Å². The first-order valence-corrected chi connectivity index (χ1v) is 15.0. The molecule has 4 N–H and O–H groups in total. The van der Waals surface area contributed by atoms with Crippen LogP contribution in [-0.2, 0) is 0 Å². The number of nitrogens with one attached hydrogen (secondary N) is 2. The van der Waals surface area contributed by atoms with Crippen molar-refractivity contribution in [3.8, 4) is 23.0 Å². The molecule has 0 saturated carbocycles. The van der Waals surface area contributed by atoms with Gasteiger partial charge in [0.25, 0.3) is 17.3 Å². The average Bonchev–Trinajstić information content (AvgIpc) is 3.56. The second-order valence-electron chi connectivity index (χ2n) is 10.3. The van der Waals surface area contributed by atoms with Crippen molar-refractivity contribution < 1.29 is 58.2 Å². The van der Waals surface area contributed by atoms with Gasteiger partial charge in [0, 0.05) is 31.8 Å².